The SMILES string of the molecule is COC(=O)c1ccc(Nc2cc(C(=O)NCCCc3ccccc3)ccn2)cc1. The molecule has 1 aromatic heterocycles. The van der Waals surface area contributed by atoms with Crippen LogP contribution in [0.5, 0.6) is 0 Å². The van der Waals surface area contributed by atoms with Gasteiger partial charge in [-0.2, -0.15) is 0 Å². The Kier molecular flexibility index (Phi) is 6.95. The first-order valence-corrected chi connectivity index (χ1v) is 9.39. The average molecular weight is 389 g/mol. The number of benzene rings is 2. The fraction of sp³-hybridized carbons (Fsp3) is 0.174. The van der Waals surface area contributed by atoms with Crippen LogP contribution >= 0.6 is 0 Å². The van der Waals surface area contributed by atoms with Gasteiger partial charge in [0, 0.05) is 24.0 Å². The number of aryl methyl sites for hydroxylation is 1. The van der Waals surface area contributed by atoms with Crippen molar-refractivity contribution in [1.82, 2.24) is 10.3 Å². The highest BCUT2D eigenvalue weighted by Crippen LogP contribution is 2.16. The number of rotatable bonds is 8. The molecule has 0 spiro atoms. The maximum absolute atomic E-state index is 12.4. The molecule has 6 heteroatoms. The van der Waals surface area contributed by atoms with Crippen LogP contribution < -0.4 is 10.6 Å². The van der Waals surface area contributed by atoms with E-state index >= 15 is 0 Å². The molecule has 2 N–H and O–H groups in total. The van der Waals surface area contributed by atoms with E-state index in [0.29, 0.717) is 23.5 Å². The summed E-state index contributed by atoms with van der Waals surface area (Å²) in [6, 6.07) is 20.4. The summed E-state index contributed by atoms with van der Waals surface area (Å²) in [5.41, 5.74) is 3.02. The van der Waals surface area contributed by atoms with E-state index in [1.54, 1.807) is 42.6 Å². The molecule has 0 aliphatic rings. The van der Waals surface area contributed by atoms with Gasteiger partial charge in [-0.15, -0.1) is 0 Å². The highest BCUT2D eigenvalue weighted by molar-refractivity contribution is 5.95. The third kappa shape index (κ3) is 5.90. The molecule has 0 bridgehead atoms. The zero-order chi connectivity index (χ0) is 20.5. The van der Waals surface area contributed by atoms with E-state index in [0.717, 1.165) is 18.5 Å². The van der Waals surface area contributed by atoms with E-state index in [4.69, 9.17) is 0 Å². The first-order chi connectivity index (χ1) is 14.2. The number of methoxy groups -OCH3 is 1. The highest BCUT2D eigenvalue weighted by atomic mass is 16.5. The lowest BCUT2D eigenvalue weighted by atomic mass is 10.1. The molecule has 0 radical (unpaired) electrons. The van der Waals surface area contributed by atoms with Crippen LogP contribution in [0.2, 0.25) is 0 Å². The summed E-state index contributed by atoms with van der Waals surface area (Å²) < 4.78 is 4.69. The fourth-order valence-electron chi connectivity index (χ4n) is 2.84. The molecule has 2 aromatic carbocycles. The van der Waals surface area contributed by atoms with E-state index in [2.05, 4.69) is 32.5 Å². The summed E-state index contributed by atoms with van der Waals surface area (Å²) in [6.45, 7) is 0.605. The van der Waals surface area contributed by atoms with Crippen molar-refractivity contribution in [2.75, 3.05) is 19.0 Å². The van der Waals surface area contributed by atoms with Gasteiger partial charge in [0.1, 0.15) is 5.82 Å². The minimum absolute atomic E-state index is 0.135. The molecular formula is C23H23N3O3. The number of pyridine rings is 1. The fourth-order valence-corrected chi connectivity index (χ4v) is 2.84. The van der Waals surface area contributed by atoms with Crippen LogP contribution in [0, 0.1) is 0 Å². The molecule has 0 unspecified atom stereocenters. The molecule has 3 aromatic rings. The van der Waals surface area contributed by atoms with Crippen molar-refractivity contribution in [2.45, 2.75) is 12.8 Å². The number of hydrogen-bond acceptors (Lipinski definition) is 5. The lowest BCUT2D eigenvalue weighted by molar-refractivity contribution is 0.0600. The second kappa shape index (κ2) is 10.0. The van der Waals surface area contributed by atoms with Gasteiger partial charge < -0.3 is 15.4 Å². The lowest BCUT2D eigenvalue weighted by Gasteiger charge is -2.09. The summed E-state index contributed by atoms with van der Waals surface area (Å²) >= 11 is 0. The number of amides is 1. The molecule has 0 saturated carbocycles. The summed E-state index contributed by atoms with van der Waals surface area (Å²) in [6.07, 6.45) is 3.38. The summed E-state index contributed by atoms with van der Waals surface area (Å²) in [5.74, 6) is 0.0258. The summed E-state index contributed by atoms with van der Waals surface area (Å²) in [7, 11) is 1.34. The van der Waals surface area contributed by atoms with Crippen molar-refractivity contribution in [2.24, 2.45) is 0 Å². The molecular weight excluding hydrogens is 366 g/mol. The Morgan fingerprint density at radius 3 is 2.45 bits per heavy atom. The Balaban J connectivity index is 1.53. The van der Waals surface area contributed by atoms with Gasteiger partial charge in [-0.1, -0.05) is 30.3 Å². The van der Waals surface area contributed by atoms with Crippen LogP contribution in [0.1, 0.15) is 32.7 Å². The van der Waals surface area contributed by atoms with E-state index < -0.39 is 0 Å². The summed E-state index contributed by atoms with van der Waals surface area (Å²) in [4.78, 5) is 28.1. The molecule has 1 amide bonds. The highest BCUT2D eigenvalue weighted by Gasteiger charge is 2.08. The first kappa shape index (κ1) is 20.1. The summed E-state index contributed by atoms with van der Waals surface area (Å²) in [5, 5.41) is 6.07. The number of carbonyl (C=O) groups excluding carboxylic acids is 2. The molecule has 0 fully saturated rings. The first-order valence-electron chi connectivity index (χ1n) is 9.39. The number of carbonyl (C=O) groups is 2. The van der Waals surface area contributed by atoms with Crippen molar-refractivity contribution in [3.05, 3.63) is 89.6 Å². The van der Waals surface area contributed by atoms with Crippen molar-refractivity contribution in [3.8, 4) is 0 Å². The third-order valence-corrected chi connectivity index (χ3v) is 4.37. The third-order valence-electron chi connectivity index (χ3n) is 4.37. The molecule has 6 nitrogen and oxygen atoms in total. The Labute approximate surface area is 169 Å². The van der Waals surface area contributed by atoms with E-state index in [1.165, 1.54) is 12.7 Å². The van der Waals surface area contributed by atoms with Crippen LogP contribution in [0.15, 0.2) is 72.9 Å². The van der Waals surface area contributed by atoms with Crippen LogP contribution in [0.25, 0.3) is 0 Å². The Bertz CT molecular complexity index is 957. The van der Waals surface area contributed by atoms with Crippen molar-refractivity contribution < 1.29 is 14.3 Å². The van der Waals surface area contributed by atoms with Gasteiger partial charge >= 0.3 is 5.97 Å². The van der Waals surface area contributed by atoms with Gasteiger partial charge in [0.2, 0.25) is 0 Å². The van der Waals surface area contributed by atoms with Crippen LogP contribution in [-0.4, -0.2) is 30.5 Å². The predicted octanol–water partition coefficient (Wildman–Crippen LogP) is 3.97. The predicted molar refractivity (Wildman–Crippen MR) is 112 cm³/mol. The van der Waals surface area contributed by atoms with Gasteiger partial charge in [0.25, 0.3) is 5.91 Å². The number of nitrogens with zero attached hydrogens (tertiary/aromatic N) is 1. The minimum atomic E-state index is -0.388. The smallest absolute Gasteiger partial charge is 0.337 e. The molecule has 3 rings (SSSR count). The second-order valence-electron chi connectivity index (χ2n) is 6.47. The minimum Gasteiger partial charge on any atom is -0.465 e. The monoisotopic (exact) mass is 389 g/mol. The Morgan fingerprint density at radius 1 is 0.966 bits per heavy atom. The number of esters is 1. The van der Waals surface area contributed by atoms with E-state index in [9.17, 15) is 9.59 Å². The van der Waals surface area contributed by atoms with Crippen LogP contribution in [0.3, 0.4) is 0 Å². The number of ether oxygens (including phenoxy) is 1. The average Bonchev–Trinajstić information content (AvgIpc) is 2.77. The molecule has 0 saturated heterocycles. The number of aromatic nitrogens is 1. The lowest BCUT2D eigenvalue weighted by Crippen LogP contribution is -2.24. The maximum atomic E-state index is 12.4. The maximum Gasteiger partial charge on any atom is 0.337 e. The second-order valence-corrected chi connectivity index (χ2v) is 6.47. The van der Waals surface area contributed by atoms with Crippen molar-refractivity contribution >= 4 is 23.4 Å². The molecule has 0 aliphatic heterocycles. The van der Waals surface area contributed by atoms with Gasteiger partial charge in [-0.25, -0.2) is 9.78 Å². The standard InChI is InChI=1S/C23H23N3O3/c1-29-23(28)18-9-11-20(12-10-18)26-21-16-19(13-15-24-21)22(27)25-14-5-8-17-6-3-2-4-7-17/h2-4,6-7,9-13,15-16H,5,8,14H2,1H3,(H,24,26)(H,25,27). The van der Waals surface area contributed by atoms with Crippen molar-refractivity contribution in [1.29, 1.82) is 0 Å². The van der Waals surface area contributed by atoms with Crippen LogP contribution in [0.4, 0.5) is 11.5 Å². The Hall–Kier alpha value is -3.67. The van der Waals surface area contributed by atoms with Gasteiger partial charge in [0.15, 0.2) is 0 Å². The zero-order valence-corrected chi connectivity index (χ0v) is 16.2. The van der Waals surface area contributed by atoms with Crippen molar-refractivity contribution in [3.63, 3.8) is 0 Å². The molecule has 0 atom stereocenters. The quantitative estimate of drug-likeness (QED) is 0.450. The van der Waals surface area contributed by atoms with E-state index in [-0.39, 0.29) is 11.9 Å². The van der Waals surface area contributed by atoms with Gasteiger partial charge in [-0.3, -0.25) is 4.79 Å². The number of anilines is 2. The largest absolute Gasteiger partial charge is 0.465 e. The zero-order valence-electron chi connectivity index (χ0n) is 16.2. The number of nitrogens with one attached hydrogen (secondary N) is 2. The Morgan fingerprint density at radius 2 is 1.72 bits per heavy atom. The van der Waals surface area contributed by atoms with Gasteiger partial charge in [0.05, 0.1) is 12.7 Å². The van der Waals surface area contributed by atoms with Gasteiger partial charge in [-0.05, 0) is 54.8 Å². The topological polar surface area (TPSA) is 80.3 Å². The van der Waals surface area contributed by atoms with E-state index in [1.807, 2.05) is 18.2 Å². The normalized spacial score (nSPS) is 10.2. The molecule has 0 aliphatic carbocycles. The number of hydrogen-bond donors (Lipinski definition) is 2. The van der Waals surface area contributed by atoms with Crippen LogP contribution in [-0.2, 0) is 11.2 Å². The molecule has 29 heavy (non-hydrogen) atoms. The molecule has 1 heterocycles. The molecule has 148 valence electrons.